The predicted octanol–water partition coefficient (Wildman–Crippen LogP) is 3.89. The van der Waals surface area contributed by atoms with Crippen LogP contribution in [-0.4, -0.2) is 4.98 Å². The Morgan fingerprint density at radius 1 is 1.33 bits per heavy atom. The molecule has 1 aliphatic carbocycles. The third-order valence-corrected chi connectivity index (χ3v) is 3.48. The zero-order chi connectivity index (χ0) is 11.0. The van der Waals surface area contributed by atoms with Crippen molar-refractivity contribution in [3.8, 4) is 0 Å². The number of nitrogens with zero attached hydrogens (tertiary/aromatic N) is 1. The summed E-state index contributed by atoms with van der Waals surface area (Å²) >= 11 is 0. The minimum absolute atomic E-state index is 0.593. The molecule has 0 saturated carbocycles. The lowest BCUT2D eigenvalue weighted by molar-refractivity contribution is 0.440. The highest BCUT2D eigenvalue weighted by Gasteiger charge is 2.22. The molecule has 1 heterocycles. The molecular formula is C14H21N. The van der Waals surface area contributed by atoms with E-state index in [2.05, 4.69) is 44.9 Å². The Hall–Kier alpha value is -0.850. The highest BCUT2D eigenvalue weighted by Crippen LogP contribution is 2.34. The number of rotatable bonds is 1. The van der Waals surface area contributed by atoms with Gasteiger partial charge in [0.05, 0.1) is 0 Å². The van der Waals surface area contributed by atoms with Crippen LogP contribution < -0.4 is 0 Å². The van der Waals surface area contributed by atoms with Gasteiger partial charge in [-0.2, -0.15) is 0 Å². The van der Waals surface area contributed by atoms with Gasteiger partial charge in [0.15, 0.2) is 0 Å². The Labute approximate surface area is 92.9 Å². The molecule has 2 unspecified atom stereocenters. The number of hydrogen-bond acceptors (Lipinski definition) is 1. The number of fused-ring (bicyclic) bond motifs is 1. The van der Waals surface area contributed by atoms with Crippen LogP contribution in [0.3, 0.4) is 0 Å². The van der Waals surface area contributed by atoms with E-state index in [0.717, 1.165) is 5.92 Å². The Morgan fingerprint density at radius 2 is 2.07 bits per heavy atom. The fourth-order valence-corrected chi connectivity index (χ4v) is 2.64. The maximum Gasteiger partial charge on any atom is 0.0464 e. The van der Waals surface area contributed by atoms with Gasteiger partial charge in [0.1, 0.15) is 0 Å². The lowest BCUT2D eigenvalue weighted by atomic mass is 9.80. The van der Waals surface area contributed by atoms with Crippen LogP contribution in [0.15, 0.2) is 12.3 Å². The van der Waals surface area contributed by atoms with Gasteiger partial charge in [-0.1, -0.05) is 33.8 Å². The van der Waals surface area contributed by atoms with Crippen LogP contribution in [0.5, 0.6) is 0 Å². The van der Waals surface area contributed by atoms with Crippen LogP contribution in [0.25, 0.3) is 0 Å². The Morgan fingerprint density at radius 3 is 2.73 bits per heavy atom. The summed E-state index contributed by atoms with van der Waals surface area (Å²) in [5, 5.41) is 0. The smallest absolute Gasteiger partial charge is 0.0464 e. The monoisotopic (exact) mass is 203 g/mol. The molecule has 0 N–H and O–H groups in total. The summed E-state index contributed by atoms with van der Waals surface area (Å²) in [5.74, 6) is 2.05. The van der Waals surface area contributed by atoms with E-state index in [1.807, 2.05) is 0 Å². The molecule has 1 aliphatic rings. The summed E-state index contributed by atoms with van der Waals surface area (Å²) in [6.07, 6.45) is 4.57. The molecule has 1 nitrogen and oxygen atoms in total. The normalized spacial score (nSPS) is 25.4. The van der Waals surface area contributed by atoms with E-state index in [1.165, 1.54) is 29.7 Å². The molecule has 1 heteroatoms. The second-order valence-corrected chi connectivity index (χ2v) is 5.41. The maximum absolute atomic E-state index is 4.66. The summed E-state index contributed by atoms with van der Waals surface area (Å²) in [6.45, 7) is 9.12. The molecule has 0 aliphatic heterocycles. The van der Waals surface area contributed by atoms with Crippen molar-refractivity contribution in [3.63, 3.8) is 0 Å². The molecule has 0 amide bonds. The SMILES string of the molecule is CC1Cc2cc(C(C)C)cnc2C(C)C1. The van der Waals surface area contributed by atoms with Crippen LogP contribution in [0.1, 0.15) is 62.8 Å². The molecular weight excluding hydrogens is 182 g/mol. The fraction of sp³-hybridized carbons (Fsp3) is 0.643. The summed E-state index contributed by atoms with van der Waals surface area (Å²) < 4.78 is 0. The van der Waals surface area contributed by atoms with E-state index in [4.69, 9.17) is 0 Å². The van der Waals surface area contributed by atoms with E-state index < -0.39 is 0 Å². The summed E-state index contributed by atoms with van der Waals surface area (Å²) in [7, 11) is 0. The maximum atomic E-state index is 4.66. The molecule has 2 rings (SSSR count). The van der Waals surface area contributed by atoms with Crippen molar-refractivity contribution in [1.29, 1.82) is 0 Å². The first-order valence-electron chi connectivity index (χ1n) is 6.06. The molecule has 0 radical (unpaired) electrons. The first kappa shape index (κ1) is 10.7. The van der Waals surface area contributed by atoms with Gasteiger partial charge in [-0.25, -0.2) is 0 Å². The highest BCUT2D eigenvalue weighted by atomic mass is 14.7. The summed E-state index contributed by atoms with van der Waals surface area (Å²) in [4.78, 5) is 4.66. The molecule has 2 atom stereocenters. The van der Waals surface area contributed by atoms with Gasteiger partial charge in [-0.05, 0) is 41.7 Å². The molecule has 0 fully saturated rings. The molecule has 1 aromatic heterocycles. The van der Waals surface area contributed by atoms with Crippen molar-refractivity contribution < 1.29 is 0 Å². The van der Waals surface area contributed by atoms with Gasteiger partial charge in [-0.15, -0.1) is 0 Å². The first-order chi connectivity index (χ1) is 7.08. The number of hydrogen-bond donors (Lipinski definition) is 0. The average Bonchev–Trinajstić information content (AvgIpc) is 2.16. The van der Waals surface area contributed by atoms with Crippen LogP contribution in [0.4, 0.5) is 0 Å². The van der Waals surface area contributed by atoms with E-state index in [0.29, 0.717) is 11.8 Å². The topological polar surface area (TPSA) is 12.9 Å². The van der Waals surface area contributed by atoms with Crippen molar-refractivity contribution in [3.05, 3.63) is 29.1 Å². The first-order valence-corrected chi connectivity index (χ1v) is 6.06. The van der Waals surface area contributed by atoms with Crippen LogP contribution in [0, 0.1) is 5.92 Å². The third-order valence-electron chi connectivity index (χ3n) is 3.48. The molecule has 1 aromatic rings. The number of aromatic nitrogens is 1. The van der Waals surface area contributed by atoms with E-state index in [-0.39, 0.29) is 0 Å². The molecule has 82 valence electrons. The molecule has 0 spiro atoms. The van der Waals surface area contributed by atoms with Crippen LogP contribution in [-0.2, 0) is 6.42 Å². The van der Waals surface area contributed by atoms with Crippen LogP contribution in [0.2, 0.25) is 0 Å². The minimum atomic E-state index is 0.593. The van der Waals surface area contributed by atoms with Gasteiger partial charge in [-0.3, -0.25) is 4.98 Å². The Bertz CT molecular complexity index is 354. The second kappa shape index (κ2) is 3.96. The summed E-state index contributed by atoms with van der Waals surface area (Å²) in [5.41, 5.74) is 4.22. The zero-order valence-electron chi connectivity index (χ0n) is 10.2. The summed E-state index contributed by atoms with van der Waals surface area (Å²) in [6, 6.07) is 2.37. The molecule has 15 heavy (non-hydrogen) atoms. The lowest BCUT2D eigenvalue weighted by Crippen LogP contribution is -2.16. The second-order valence-electron chi connectivity index (χ2n) is 5.41. The predicted molar refractivity (Wildman–Crippen MR) is 64.2 cm³/mol. The van der Waals surface area contributed by atoms with Crippen molar-refractivity contribution >= 4 is 0 Å². The van der Waals surface area contributed by atoms with Gasteiger partial charge >= 0.3 is 0 Å². The zero-order valence-corrected chi connectivity index (χ0v) is 10.2. The van der Waals surface area contributed by atoms with Gasteiger partial charge in [0.25, 0.3) is 0 Å². The third kappa shape index (κ3) is 2.06. The van der Waals surface area contributed by atoms with E-state index in [1.54, 1.807) is 0 Å². The standard InChI is InChI=1S/C14H21N/c1-9(2)13-7-12-6-10(3)5-11(4)14(12)15-8-13/h7-11H,5-6H2,1-4H3. The molecule has 0 saturated heterocycles. The quantitative estimate of drug-likeness (QED) is 0.674. The van der Waals surface area contributed by atoms with Gasteiger partial charge in [0.2, 0.25) is 0 Å². The van der Waals surface area contributed by atoms with Crippen molar-refractivity contribution in [2.75, 3.05) is 0 Å². The number of pyridine rings is 1. The highest BCUT2D eigenvalue weighted by molar-refractivity contribution is 5.31. The molecule has 0 bridgehead atoms. The fourth-order valence-electron chi connectivity index (χ4n) is 2.64. The van der Waals surface area contributed by atoms with Gasteiger partial charge < -0.3 is 0 Å². The van der Waals surface area contributed by atoms with Crippen molar-refractivity contribution in [2.24, 2.45) is 5.92 Å². The van der Waals surface area contributed by atoms with Crippen molar-refractivity contribution in [2.45, 2.75) is 52.4 Å². The molecule has 0 aromatic carbocycles. The largest absolute Gasteiger partial charge is 0.260 e. The van der Waals surface area contributed by atoms with E-state index in [9.17, 15) is 0 Å². The Kier molecular flexibility index (Phi) is 2.81. The minimum Gasteiger partial charge on any atom is -0.260 e. The lowest BCUT2D eigenvalue weighted by Gasteiger charge is -2.27. The average molecular weight is 203 g/mol. The van der Waals surface area contributed by atoms with Gasteiger partial charge in [0, 0.05) is 11.9 Å². The van der Waals surface area contributed by atoms with Crippen molar-refractivity contribution in [1.82, 2.24) is 4.98 Å². The van der Waals surface area contributed by atoms with Crippen LogP contribution >= 0.6 is 0 Å². The van der Waals surface area contributed by atoms with E-state index >= 15 is 0 Å². The Balaban J connectivity index is 2.39.